The molecule has 2 rings (SSSR count). The Hall–Kier alpha value is -2.97. The van der Waals surface area contributed by atoms with E-state index in [4.69, 9.17) is 14.6 Å². The van der Waals surface area contributed by atoms with Crippen LogP contribution in [0.2, 0.25) is 0 Å². The summed E-state index contributed by atoms with van der Waals surface area (Å²) in [7, 11) is 0. The molecule has 0 aliphatic carbocycles. The molecule has 0 saturated carbocycles. The van der Waals surface area contributed by atoms with Crippen LogP contribution in [0.15, 0.2) is 84.2 Å². The largest absolute Gasteiger partial charge is 0.478 e. The minimum atomic E-state index is -0.981. The normalized spacial score (nSPS) is 9.68. The van der Waals surface area contributed by atoms with Crippen molar-refractivity contribution in [1.82, 2.24) is 0 Å². The van der Waals surface area contributed by atoms with E-state index in [0.29, 0.717) is 24.7 Å². The summed E-state index contributed by atoms with van der Waals surface area (Å²) >= 11 is 3.27. The molecular weight excluding hydrogens is 436 g/mol. The maximum absolute atomic E-state index is 11.0. The molecule has 2 aromatic carbocycles. The number of thioether (sulfide) groups is 2. The van der Waals surface area contributed by atoms with Crippen molar-refractivity contribution in [2.75, 3.05) is 24.7 Å². The van der Waals surface area contributed by atoms with E-state index in [9.17, 15) is 14.4 Å². The van der Waals surface area contributed by atoms with Crippen LogP contribution in [0.25, 0.3) is 10.8 Å². The second-order valence-corrected chi connectivity index (χ2v) is 7.99. The van der Waals surface area contributed by atoms with E-state index in [0.717, 1.165) is 38.8 Å². The number of hydrogen-bond donors (Lipinski definition) is 1. The van der Waals surface area contributed by atoms with Crippen molar-refractivity contribution in [2.45, 2.75) is 9.79 Å². The monoisotopic (exact) mass is 460 g/mol. The number of rotatable bonds is 11. The van der Waals surface area contributed by atoms with Gasteiger partial charge < -0.3 is 14.6 Å². The lowest BCUT2D eigenvalue weighted by Crippen LogP contribution is -2.03. The molecule has 31 heavy (non-hydrogen) atoms. The lowest BCUT2D eigenvalue weighted by Gasteiger charge is -2.07. The molecule has 8 heteroatoms. The van der Waals surface area contributed by atoms with E-state index < -0.39 is 17.9 Å². The van der Waals surface area contributed by atoms with Crippen molar-refractivity contribution < 1.29 is 29.0 Å². The van der Waals surface area contributed by atoms with Crippen LogP contribution in [-0.4, -0.2) is 47.7 Å². The van der Waals surface area contributed by atoms with E-state index in [2.05, 4.69) is 56.1 Å². The van der Waals surface area contributed by atoms with E-state index in [1.807, 2.05) is 0 Å². The summed E-state index contributed by atoms with van der Waals surface area (Å²) in [6.45, 7) is 10.4. The maximum Gasteiger partial charge on any atom is 0.330 e. The standard InChI is InChI=1S/C20H20O4S2.C3H4O2/c1-3-19(21)23-9-11-25-17-7-5-15-6-8-18(14-16(15)13-17)26-12-10-24-20(22)4-2;1-2-3(4)5/h3-8,13-14H,1-2,9-12H2;2H,1H2,(H,4,5). The fourth-order valence-corrected chi connectivity index (χ4v) is 3.66. The minimum Gasteiger partial charge on any atom is -0.478 e. The molecule has 6 nitrogen and oxygen atoms in total. The Kier molecular flexibility index (Phi) is 12.5. The first-order chi connectivity index (χ1) is 14.9. The van der Waals surface area contributed by atoms with Crippen molar-refractivity contribution >= 4 is 52.2 Å². The number of aliphatic carboxylic acids is 1. The number of carbonyl (C=O) groups is 3. The Morgan fingerprint density at radius 2 is 1.19 bits per heavy atom. The Balaban J connectivity index is 0.000000861. The van der Waals surface area contributed by atoms with Gasteiger partial charge in [0, 0.05) is 39.5 Å². The zero-order valence-corrected chi connectivity index (χ0v) is 18.6. The third-order valence-electron chi connectivity index (χ3n) is 3.48. The van der Waals surface area contributed by atoms with Crippen LogP contribution >= 0.6 is 23.5 Å². The second-order valence-electron chi connectivity index (χ2n) is 5.65. The average Bonchev–Trinajstić information content (AvgIpc) is 2.79. The molecule has 2 aromatic rings. The van der Waals surface area contributed by atoms with Gasteiger partial charge >= 0.3 is 17.9 Å². The Morgan fingerprint density at radius 3 is 1.55 bits per heavy atom. The quantitative estimate of drug-likeness (QED) is 0.223. The molecule has 0 aliphatic rings. The average molecular weight is 461 g/mol. The first-order valence-electron chi connectivity index (χ1n) is 9.12. The van der Waals surface area contributed by atoms with Crippen molar-refractivity contribution in [3.63, 3.8) is 0 Å². The van der Waals surface area contributed by atoms with Crippen LogP contribution in [0.4, 0.5) is 0 Å². The van der Waals surface area contributed by atoms with Gasteiger partial charge in [-0.1, -0.05) is 31.9 Å². The first-order valence-corrected chi connectivity index (χ1v) is 11.1. The Morgan fingerprint density at radius 1 is 0.774 bits per heavy atom. The number of fused-ring (bicyclic) bond motifs is 1. The summed E-state index contributed by atoms with van der Waals surface area (Å²) in [5.41, 5.74) is 0. The molecule has 0 aromatic heterocycles. The molecule has 0 saturated heterocycles. The van der Waals surface area contributed by atoms with Gasteiger partial charge in [0.1, 0.15) is 13.2 Å². The molecule has 164 valence electrons. The van der Waals surface area contributed by atoms with E-state index in [1.165, 1.54) is 0 Å². The topological polar surface area (TPSA) is 89.9 Å². The molecule has 1 N–H and O–H groups in total. The van der Waals surface area contributed by atoms with E-state index >= 15 is 0 Å². The van der Waals surface area contributed by atoms with Crippen LogP contribution in [0.1, 0.15) is 0 Å². The summed E-state index contributed by atoms with van der Waals surface area (Å²) in [5.74, 6) is -0.401. The molecule has 0 aliphatic heterocycles. The Labute approximate surface area is 190 Å². The fourth-order valence-electron chi connectivity index (χ4n) is 2.10. The smallest absolute Gasteiger partial charge is 0.330 e. The lowest BCUT2D eigenvalue weighted by atomic mass is 10.1. The third-order valence-corrected chi connectivity index (χ3v) is 5.40. The number of ether oxygens (including phenoxy) is 2. The SMILES string of the molecule is C=CC(=O)O.C=CC(=O)OCCSc1ccc2ccc(SCCOC(=O)C=C)cc2c1. The molecule has 0 heterocycles. The number of carbonyl (C=O) groups excluding carboxylic acids is 2. The summed E-state index contributed by atoms with van der Waals surface area (Å²) in [6, 6.07) is 12.5. The van der Waals surface area contributed by atoms with Crippen LogP contribution in [0.3, 0.4) is 0 Å². The molecule has 0 spiro atoms. The summed E-state index contributed by atoms with van der Waals surface area (Å²) in [5, 5.41) is 9.91. The maximum atomic E-state index is 11.0. The van der Waals surface area contributed by atoms with Gasteiger partial charge in [-0.05, 0) is 35.0 Å². The molecular formula is C23H24O6S2. The molecule has 0 amide bonds. The second kappa shape index (κ2) is 14.9. The Bertz CT molecular complexity index is 876. The predicted molar refractivity (Wildman–Crippen MR) is 126 cm³/mol. The van der Waals surface area contributed by atoms with Gasteiger partial charge in [-0.25, -0.2) is 14.4 Å². The number of hydrogen-bond acceptors (Lipinski definition) is 7. The third kappa shape index (κ3) is 11.1. The zero-order chi connectivity index (χ0) is 23.1. The zero-order valence-electron chi connectivity index (χ0n) is 17.0. The minimum absolute atomic E-state index is 0.354. The van der Waals surface area contributed by atoms with Crippen LogP contribution < -0.4 is 0 Å². The molecule has 0 atom stereocenters. The highest BCUT2D eigenvalue weighted by Crippen LogP contribution is 2.27. The summed E-state index contributed by atoms with van der Waals surface area (Å²) in [6.07, 6.45) is 3.16. The fraction of sp³-hybridized carbons (Fsp3) is 0.174. The molecule has 0 fully saturated rings. The number of benzene rings is 2. The molecule has 0 radical (unpaired) electrons. The van der Waals surface area contributed by atoms with Crippen molar-refractivity contribution in [3.8, 4) is 0 Å². The van der Waals surface area contributed by atoms with Gasteiger partial charge in [0.15, 0.2) is 0 Å². The van der Waals surface area contributed by atoms with Crippen molar-refractivity contribution in [2.24, 2.45) is 0 Å². The highest BCUT2D eigenvalue weighted by atomic mass is 32.2. The predicted octanol–water partition coefficient (Wildman–Crippen LogP) is 4.74. The summed E-state index contributed by atoms with van der Waals surface area (Å²) < 4.78 is 9.95. The molecule has 0 unspecified atom stereocenters. The number of carboxylic acid groups (broad SMARTS) is 1. The highest BCUT2D eigenvalue weighted by Gasteiger charge is 2.02. The van der Waals surface area contributed by atoms with Gasteiger partial charge in [0.05, 0.1) is 0 Å². The van der Waals surface area contributed by atoms with E-state index in [1.54, 1.807) is 23.5 Å². The van der Waals surface area contributed by atoms with Crippen molar-refractivity contribution in [1.29, 1.82) is 0 Å². The number of carboxylic acids is 1. The van der Waals surface area contributed by atoms with Crippen LogP contribution in [-0.2, 0) is 23.9 Å². The first kappa shape index (κ1) is 26.1. The van der Waals surface area contributed by atoms with Crippen LogP contribution in [0.5, 0.6) is 0 Å². The summed E-state index contributed by atoms with van der Waals surface area (Å²) in [4.78, 5) is 33.5. The molecule has 0 bridgehead atoms. The lowest BCUT2D eigenvalue weighted by molar-refractivity contribution is -0.138. The van der Waals surface area contributed by atoms with Gasteiger partial charge in [0.25, 0.3) is 0 Å². The van der Waals surface area contributed by atoms with Crippen molar-refractivity contribution in [3.05, 3.63) is 74.4 Å². The van der Waals surface area contributed by atoms with Gasteiger partial charge in [-0.2, -0.15) is 0 Å². The van der Waals surface area contributed by atoms with Crippen LogP contribution in [0, 0.1) is 0 Å². The highest BCUT2D eigenvalue weighted by molar-refractivity contribution is 7.99. The van der Waals surface area contributed by atoms with E-state index in [-0.39, 0.29) is 0 Å². The van der Waals surface area contributed by atoms with Gasteiger partial charge in [0.2, 0.25) is 0 Å². The van der Waals surface area contributed by atoms with Gasteiger partial charge in [-0.3, -0.25) is 0 Å². The van der Waals surface area contributed by atoms with Gasteiger partial charge in [-0.15, -0.1) is 23.5 Å². The number of esters is 2.